The van der Waals surface area contributed by atoms with Gasteiger partial charge in [-0.1, -0.05) is 54.6 Å². The molecule has 4 nitrogen and oxygen atoms in total. The van der Waals surface area contributed by atoms with Gasteiger partial charge in [-0.2, -0.15) is 0 Å². The fourth-order valence-electron chi connectivity index (χ4n) is 3.64. The minimum Gasteiger partial charge on any atom is -0.489 e. The predicted molar refractivity (Wildman–Crippen MR) is 122 cm³/mol. The van der Waals surface area contributed by atoms with Crippen LogP contribution in [0.1, 0.15) is 11.1 Å². The van der Waals surface area contributed by atoms with Gasteiger partial charge in [-0.05, 0) is 53.1 Å². The lowest BCUT2D eigenvalue weighted by Gasteiger charge is -2.10. The second-order valence-corrected chi connectivity index (χ2v) is 7.43. The molecular weight excluding hydrogens is 388 g/mol. The molecule has 5 aromatic rings. The van der Waals surface area contributed by atoms with Crippen molar-refractivity contribution in [2.24, 2.45) is 0 Å². The molecule has 1 heterocycles. The minimum absolute atomic E-state index is 0.155. The van der Waals surface area contributed by atoms with Crippen LogP contribution < -0.4 is 14.9 Å². The van der Waals surface area contributed by atoms with Crippen LogP contribution in [0.3, 0.4) is 0 Å². The smallest absolute Gasteiger partial charge is 0.235 e. The molecule has 4 heteroatoms. The Kier molecular flexibility index (Phi) is 4.89. The van der Waals surface area contributed by atoms with E-state index in [1.165, 1.54) is 11.6 Å². The van der Waals surface area contributed by atoms with Crippen molar-refractivity contribution in [2.45, 2.75) is 13.5 Å². The van der Waals surface area contributed by atoms with Crippen molar-refractivity contribution in [3.8, 4) is 17.2 Å². The first kappa shape index (κ1) is 18.9. The van der Waals surface area contributed by atoms with Crippen LogP contribution in [0.4, 0.5) is 0 Å². The molecule has 0 unspecified atom stereocenters. The molecule has 0 N–H and O–H groups in total. The largest absolute Gasteiger partial charge is 0.489 e. The molecule has 4 aromatic carbocycles. The highest BCUT2D eigenvalue weighted by molar-refractivity contribution is 5.85. The Hall–Kier alpha value is -4.05. The topological polar surface area (TPSA) is 48.7 Å². The van der Waals surface area contributed by atoms with Gasteiger partial charge < -0.3 is 13.9 Å². The number of hydrogen-bond donors (Lipinski definition) is 0. The van der Waals surface area contributed by atoms with Crippen molar-refractivity contribution < 1.29 is 13.9 Å². The lowest BCUT2D eigenvalue weighted by atomic mass is 10.1. The quantitative estimate of drug-likeness (QED) is 0.328. The van der Waals surface area contributed by atoms with E-state index < -0.39 is 0 Å². The average molecular weight is 408 g/mol. The van der Waals surface area contributed by atoms with Crippen molar-refractivity contribution in [1.82, 2.24) is 0 Å². The van der Waals surface area contributed by atoms with Gasteiger partial charge in [-0.15, -0.1) is 0 Å². The molecule has 0 amide bonds. The van der Waals surface area contributed by atoms with E-state index in [4.69, 9.17) is 13.9 Å². The Balaban J connectivity index is 1.39. The van der Waals surface area contributed by atoms with Gasteiger partial charge in [0.25, 0.3) is 0 Å². The van der Waals surface area contributed by atoms with Crippen molar-refractivity contribution >= 4 is 21.7 Å². The highest BCUT2D eigenvalue weighted by atomic mass is 16.5. The Morgan fingerprint density at radius 3 is 2.55 bits per heavy atom. The Morgan fingerprint density at radius 1 is 0.806 bits per heavy atom. The standard InChI is InChI=1S/C27H20O4/c1-18-6-4-10-22(14-18)31-26-17-30-25-15-21(12-13-24(25)27(26)28)29-16-20-9-5-8-19-7-2-3-11-23(19)20/h2-15,17H,16H2,1H3. The van der Waals surface area contributed by atoms with Crippen LogP contribution in [-0.4, -0.2) is 0 Å². The number of aryl methyl sites for hydroxylation is 1. The highest BCUT2D eigenvalue weighted by Crippen LogP contribution is 2.26. The summed E-state index contributed by atoms with van der Waals surface area (Å²) in [5.41, 5.74) is 2.39. The molecule has 0 radical (unpaired) electrons. The van der Waals surface area contributed by atoms with Gasteiger partial charge in [0.15, 0.2) is 0 Å². The van der Waals surface area contributed by atoms with Gasteiger partial charge in [0.05, 0.1) is 5.39 Å². The zero-order chi connectivity index (χ0) is 21.2. The van der Waals surface area contributed by atoms with Gasteiger partial charge in [-0.3, -0.25) is 4.79 Å². The summed E-state index contributed by atoms with van der Waals surface area (Å²) >= 11 is 0. The maximum atomic E-state index is 12.8. The minimum atomic E-state index is -0.219. The van der Waals surface area contributed by atoms with Gasteiger partial charge in [0.2, 0.25) is 11.2 Å². The summed E-state index contributed by atoms with van der Waals surface area (Å²) in [6.07, 6.45) is 1.35. The van der Waals surface area contributed by atoms with E-state index >= 15 is 0 Å². The summed E-state index contributed by atoms with van der Waals surface area (Å²) in [5.74, 6) is 1.39. The van der Waals surface area contributed by atoms with E-state index in [0.717, 1.165) is 16.5 Å². The third-order valence-electron chi connectivity index (χ3n) is 5.21. The van der Waals surface area contributed by atoms with Crippen molar-refractivity contribution in [2.75, 3.05) is 0 Å². The first-order valence-electron chi connectivity index (χ1n) is 10.1. The van der Waals surface area contributed by atoms with E-state index in [0.29, 0.717) is 29.1 Å². The predicted octanol–water partition coefficient (Wildman–Crippen LogP) is 6.63. The number of ether oxygens (including phenoxy) is 2. The molecule has 1 aromatic heterocycles. The normalized spacial score (nSPS) is 11.0. The molecule has 0 aliphatic rings. The Bertz CT molecular complexity index is 1440. The molecule has 0 saturated carbocycles. The monoisotopic (exact) mass is 408 g/mol. The van der Waals surface area contributed by atoms with Crippen molar-refractivity contribution in [3.63, 3.8) is 0 Å². The van der Waals surface area contributed by atoms with E-state index in [1.54, 1.807) is 24.3 Å². The zero-order valence-corrected chi connectivity index (χ0v) is 17.0. The number of benzene rings is 4. The van der Waals surface area contributed by atoms with Crippen LogP contribution in [0.25, 0.3) is 21.7 Å². The Labute approximate surface area is 179 Å². The summed E-state index contributed by atoms with van der Waals surface area (Å²) in [4.78, 5) is 12.8. The van der Waals surface area contributed by atoms with Gasteiger partial charge in [0, 0.05) is 6.07 Å². The van der Waals surface area contributed by atoms with Gasteiger partial charge in [-0.25, -0.2) is 0 Å². The molecule has 0 atom stereocenters. The summed E-state index contributed by atoms with van der Waals surface area (Å²) < 4.78 is 17.4. The molecule has 31 heavy (non-hydrogen) atoms. The fraction of sp³-hybridized carbons (Fsp3) is 0.0741. The van der Waals surface area contributed by atoms with Crippen LogP contribution in [-0.2, 0) is 6.61 Å². The van der Waals surface area contributed by atoms with E-state index in [-0.39, 0.29) is 11.2 Å². The third-order valence-corrected chi connectivity index (χ3v) is 5.21. The lowest BCUT2D eigenvalue weighted by Crippen LogP contribution is -2.05. The molecular formula is C27H20O4. The summed E-state index contributed by atoms with van der Waals surface area (Å²) in [6.45, 7) is 2.39. The molecule has 5 rings (SSSR count). The van der Waals surface area contributed by atoms with Crippen LogP contribution >= 0.6 is 0 Å². The summed E-state index contributed by atoms with van der Waals surface area (Å²) in [7, 11) is 0. The second-order valence-electron chi connectivity index (χ2n) is 7.43. The molecule has 152 valence electrons. The molecule has 0 spiro atoms. The van der Waals surface area contributed by atoms with Crippen LogP contribution in [0.5, 0.6) is 17.2 Å². The van der Waals surface area contributed by atoms with E-state index in [9.17, 15) is 4.79 Å². The van der Waals surface area contributed by atoms with Crippen molar-refractivity contribution in [1.29, 1.82) is 0 Å². The number of fused-ring (bicyclic) bond motifs is 2. The first-order chi connectivity index (χ1) is 15.2. The second kappa shape index (κ2) is 8.00. The average Bonchev–Trinajstić information content (AvgIpc) is 2.79. The van der Waals surface area contributed by atoms with Crippen LogP contribution in [0.15, 0.2) is 100 Å². The number of hydrogen-bond acceptors (Lipinski definition) is 4. The maximum absolute atomic E-state index is 12.8. The van der Waals surface area contributed by atoms with E-state index in [1.807, 2.05) is 43.3 Å². The highest BCUT2D eigenvalue weighted by Gasteiger charge is 2.11. The fourth-order valence-corrected chi connectivity index (χ4v) is 3.64. The summed E-state index contributed by atoms with van der Waals surface area (Å²) in [6, 6.07) is 27.1. The molecule has 0 aliphatic carbocycles. The molecule has 0 aliphatic heterocycles. The van der Waals surface area contributed by atoms with Crippen LogP contribution in [0, 0.1) is 6.92 Å². The van der Waals surface area contributed by atoms with Crippen LogP contribution in [0.2, 0.25) is 0 Å². The summed E-state index contributed by atoms with van der Waals surface area (Å²) in [5, 5.41) is 2.78. The zero-order valence-electron chi connectivity index (χ0n) is 17.0. The van der Waals surface area contributed by atoms with Gasteiger partial charge in [0.1, 0.15) is 30.0 Å². The van der Waals surface area contributed by atoms with Crippen molar-refractivity contribution in [3.05, 3.63) is 113 Å². The Morgan fingerprint density at radius 2 is 1.65 bits per heavy atom. The third kappa shape index (κ3) is 3.88. The SMILES string of the molecule is Cc1cccc(Oc2coc3cc(OCc4cccc5ccccc45)ccc3c2=O)c1. The van der Waals surface area contributed by atoms with E-state index in [2.05, 4.69) is 24.3 Å². The maximum Gasteiger partial charge on any atom is 0.235 e. The molecule has 0 fully saturated rings. The first-order valence-corrected chi connectivity index (χ1v) is 10.1. The number of rotatable bonds is 5. The molecule has 0 saturated heterocycles. The lowest BCUT2D eigenvalue weighted by molar-refractivity contribution is 0.307. The van der Waals surface area contributed by atoms with Gasteiger partial charge >= 0.3 is 0 Å². The molecule has 0 bridgehead atoms.